The van der Waals surface area contributed by atoms with E-state index in [1.807, 2.05) is 46.3 Å². The van der Waals surface area contributed by atoms with E-state index >= 15 is 0 Å². The number of hydrogen-bond donors (Lipinski definition) is 2. The molecule has 2 N–H and O–H groups in total. The van der Waals surface area contributed by atoms with Crippen LogP contribution in [0.3, 0.4) is 0 Å². The molecule has 1 spiro atoms. The molecule has 1 saturated carbocycles. The lowest BCUT2D eigenvalue weighted by Crippen LogP contribution is -2.64. The van der Waals surface area contributed by atoms with Gasteiger partial charge in [-0.2, -0.15) is 0 Å². The minimum absolute atomic E-state index is 0.0114. The zero-order valence-corrected chi connectivity index (χ0v) is 25.7. The second kappa shape index (κ2) is 12.8. The minimum atomic E-state index is -0.628. The summed E-state index contributed by atoms with van der Waals surface area (Å²) in [4.78, 5) is 37.0. The molecule has 2 saturated heterocycles. The van der Waals surface area contributed by atoms with Gasteiger partial charge in [-0.15, -0.1) is 0 Å². The van der Waals surface area contributed by atoms with Crippen LogP contribution in [0.1, 0.15) is 69.5 Å². The number of hydrogen-bond acceptors (Lipinski definition) is 4. The Hall–Kier alpha value is -3.56. The number of urea groups is 1. The molecule has 1 aromatic heterocycles. The molecule has 2 atom stereocenters. The minimum Gasteiger partial charge on any atom is -0.361 e. The molecule has 6 rings (SSSR count). The Balaban J connectivity index is 1.21. The van der Waals surface area contributed by atoms with Crippen molar-refractivity contribution in [2.45, 2.75) is 82.6 Å². The lowest BCUT2D eigenvalue weighted by Gasteiger charge is -2.51. The Bertz CT molecular complexity index is 1500. The number of aromatic amines is 1. The first-order valence-electron chi connectivity index (χ1n) is 16.0. The maximum Gasteiger partial charge on any atom is 0.320 e. The van der Waals surface area contributed by atoms with Crippen LogP contribution in [0.2, 0.25) is 0 Å². The highest BCUT2D eigenvalue weighted by molar-refractivity contribution is 5.75. The maximum atomic E-state index is 14.3. The number of aromatic nitrogens is 1. The highest BCUT2D eigenvalue weighted by Gasteiger charge is 2.46. The summed E-state index contributed by atoms with van der Waals surface area (Å²) in [5, 5.41) is 3.56. The molecule has 3 aromatic rings. The number of carbonyl (C=O) groups excluding carboxylic acids is 1. The van der Waals surface area contributed by atoms with Gasteiger partial charge < -0.3 is 20.1 Å². The number of benzene rings is 2. The maximum absolute atomic E-state index is 14.3. The molecule has 44 heavy (non-hydrogen) atoms. The molecule has 3 heterocycles. The molecular weight excluding hydrogens is 560 g/mol. The molecule has 2 aliphatic heterocycles. The van der Waals surface area contributed by atoms with Crippen molar-refractivity contribution in [3.63, 3.8) is 0 Å². The van der Waals surface area contributed by atoms with Gasteiger partial charge in [-0.3, -0.25) is 9.69 Å². The third kappa shape index (κ3) is 6.44. The van der Waals surface area contributed by atoms with Gasteiger partial charge in [0, 0.05) is 79.9 Å². The fourth-order valence-electron chi connectivity index (χ4n) is 7.63. The van der Waals surface area contributed by atoms with Crippen molar-refractivity contribution in [2.75, 3.05) is 26.2 Å². The van der Waals surface area contributed by atoms with E-state index in [0.29, 0.717) is 44.7 Å². The van der Waals surface area contributed by atoms with E-state index in [9.17, 15) is 18.4 Å². The lowest BCUT2D eigenvalue weighted by molar-refractivity contribution is -0.00243. The Labute approximate surface area is 258 Å². The molecule has 234 valence electrons. The Morgan fingerprint density at radius 1 is 1.02 bits per heavy atom. The van der Waals surface area contributed by atoms with Gasteiger partial charge in [0.2, 0.25) is 0 Å². The number of halogens is 2. The zero-order valence-electron chi connectivity index (χ0n) is 25.7. The standard InChI is InChI=1S/C35H43F2N5O2/c1-24(2)39-30-10-13-42(32(19-30)26-16-28(36)18-29(37)17-26)34(44)40-14-15-41(35(23-40)11-6-7-12-35)22-27-21-38-31(20-33(27)43)25-8-4-3-5-9-25/h3-5,8-9,16-18,20-21,24,30,32,39H,6-7,10-15,19,22-23H2,1-2H3,(H,38,43)/t30-,32+/m1/s1. The van der Waals surface area contributed by atoms with Gasteiger partial charge in [0.05, 0.1) is 6.04 Å². The molecule has 9 heteroatoms. The third-order valence-electron chi connectivity index (χ3n) is 9.73. The van der Waals surface area contributed by atoms with E-state index in [2.05, 4.69) is 29.0 Å². The van der Waals surface area contributed by atoms with E-state index in [-0.39, 0.29) is 29.1 Å². The Kier molecular flexibility index (Phi) is 8.87. The number of likely N-dealkylation sites (tertiary alicyclic amines) is 1. The van der Waals surface area contributed by atoms with Crippen molar-refractivity contribution in [2.24, 2.45) is 0 Å². The number of piperazine rings is 1. The average Bonchev–Trinajstić information content (AvgIpc) is 3.47. The van der Waals surface area contributed by atoms with Gasteiger partial charge in [-0.25, -0.2) is 13.6 Å². The Morgan fingerprint density at radius 3 is 2.43 bits per heavy atom. The van der Waals surface area contributed by atoms with E-state index in [4.69, 9.17) is 0 Å². The van der Waals surface area contributed by atoms with Gasteiger partial charge in [0.1, 0.15) is 11.6 Å². The molecule has 0 radical (unpaired) electrons. The quantitative estimate of drug-likeness (QED) is 0.359. The molecule has 7 nitrogen and oxygen atoms in total. The predicted octanol–water partition coefficient (Wildman–Crippen LogP) is 6.07. The lowest BCUT2D eigenvalue weighted by atomic mass is 9.90. The van der Waals surface area contributed by atoms with Crippen molar-refractivity contribution >= 4 is 6.03 Å². The van der Waals surface area contributed by atoms with Gasteiger partial charge >= 0.3 is 6.03 Å². The molecule has 2 aromatic carbocycles. The number of carbonyl (C=O) groups is 1. The largest absolute Gasteiger partial charge is 0.361 e. The highest BCUT2D eigenvalue weighted by Crippen LogP contribution is 2.40. The summed E-state index contributed by atoms with van der Waals surface area (Å²) in [6.07, 6.45) is 7.32. The monoisotopic (exact) mass is 603 g/mol. The van der Waals surface area contributed by atoms with E-state index < -0.39 is 17.7 Å². The van der Waals surface area contributed by atoms with Crippen molar-refractivity contribution in [1.29, 1.82) is 0 Å². The van der Waals surface area contributed by atoms with Crippen LogP contribution in [0, 0.1) is 11.6 Å². The number of nitrogens with zero attached hydrogens (tertiary/aromatic N) is 3. The fourth-order valence-corrected chi connectivity index (χ4v) is 7.63. The molecule has 0 bridgehead atoms. The molecular formula is C35H43F2N5O2. The van der Waals surface area contributed by atoms with Crippen LogP contribution < -0.4 is 10.7 Å². The summed E-state index contributed by atoms with van der Waals surface area (Å²) in [5.41, 5.74) is 2.81. The summed E-state index contributed by atoms with van der Waals surface area (Å²) >= 11 is 0. The molecule has 0 unspecified atom stereocenters. The van der Waals surface area contributed by atoms with E-state index in [1.165, 1.54) is 12.1 Å². The van der Waals surface area contributed by atoms with Crippen LogP contribution in [0.15, 0.2) is 65.6 Å². The predicted molar refractivity (Wildman–Crippen MR) is 168 cm³/mol. The molecule has 2 amide bonds. The SMILES string of the molecule is CC(C)N[C@@H]1CCN(C(=O)N2CCN(Cc3c[nH]c(-c4ccccc4)cc3=O)C3(CCCC3)C2)[C@H](c2cc(F)cc(F)c2)C1. The molecule has 3 fully saturated rings. The summed E-state index contributed by atoms with van der Waals surface area (Å²) in [6.45, 7) is 7.00. The van der Waals surface area contributed by atoms with Crippen LogP contribution in [-0.2, 0) is 6.54 Å². The second-order valence-corrected chi connectivity index (χ2v) is 13.1. The van der Waals surface area contributed by atoms with Crippen LogP contribution in [-0.4, -0.2) is 69.5 Å². The smallest absolute Gasteiger partial charge is 0.320 e. The highest BCUT2D eigenvalue weighted by atomic mass is 19.1. The number of amides is 2. The first-order chi connectivity index (χ1) is 21.2. The van der Waals surface area contributed by atoms with Gasteiger partial charge in [0.15, 0.2) is 5.43 Å². The van der Waals surface area contributed by atoms with Crippen molar-refractivity contribution in [1.82, 2.24) is 25.0 Å². The number of H-pyrrole nitrogens is 1. The number of rotatable bonds is 6. The summed E-state index contributed by atoms with van der Waals surface area (Å²) in [5.74, 6) is -1.26. The third-order valence-corrected chi connectivity index (χ3v) is 9.73. The summed E-state index contributed by atoms with van der Waals surface area (Å²) in [6, 6.07) is 15.0. The van der Waals surface area contributed by atoms with Crippen LogP contribution in [0.25, 0.3) is 11.3 Å². The van der Waals surface area contributed by atoms with Gasteiger partial charge in [-0.1, -0.05) is 57.0 Å². The average molecular weight is 604 g/mol. The molecule has 1 aliphatic carbocycles. The first-order valence-corrected chi connectivity index (χ1v) is 16.0. The second-order valence-electron chi connectivity index (χ2n) is 13.1. The van der Waals surface area contributed by atoms with E-state index in [0.717, 1.165) is 55.0 Å². The van der Waals surface area contributed by atoms with Crippen LogP contribution in [0.5, 0.6) is 0 Å². The topological polar surface area (TPSA) is 71.7 Å². The van der Waals surface area contributed by atoms with E-state index in [1.54, 1.807) is 6.07 Å². The normalized spacial score (nSPS) is 22.2. The Morgan fingerprint density at radius 2 is 1.75 bits per heavy atom. The summed E-state index contributed by atoms with van der Waals surface area (Å²) < 4.78 is 28.7. The number of nitrogens with one attached hydrogen (secondary N) is 2. The number of pyridine rings is 1. The van der Waals surface area contributed by atoms with Gasteiger partial charge in [0.25, 0.3) is 0 Å². The molecule has 3 aliphatic rings. The fraction of sp³-hybridized carbons (Fsp3) is 0.486. The van der Waals surface area contributed by atoms with Crippen LogP contribution in [0.4, 0.5) is 13.6 Å². The van der Waals surface area contributed by atoms with Crippen molar-refractivity contribution in [3.8, 4) is 11.3 Å². The number of piperidine rings is 1. The van der Waals surface area contributed by atoms with Crippen molar-refractivity contribution in [3.05, 3.63) is 93.8 Å². The first kappa shape index (κ1) is 30.5. The zero-order chi connectivity index (χ0) is 30.8. The van der Waals surface area contributed by atoms with Gasteiger partial charge in [-0.05, 0) is 48.9 Å². The van der Waals surface area contributed by atoms with Crippen molar-refractivity contribution < 1.29 is 13.6 Å². The summed E-state index contributed by atoms with van der Waals surface area (Å²) in [7, 11) is 0. The van der Waals surface area contributed by atoms with Crippen LogP contribution >= 0.6 is 0 Å².